The molecule has 1 atom stereocenters. The molecule has 1 amide bonds. The maximum Gasteiger partial charge on any atom is 0.335 e. The fourth-order valence-electron chi connectivity index (χ4n) is 2.38. The van der Waals surface area contributed by atoms with Crippen LogP contribution in [0.15, 0.2) is 48.5 Å². The predicted octanol–water partition coefficient (Wildman–Crippen LogP) is 2.36. The van der Waals surface area contributed by atoms with Crippen molar-refractivity contribution in [2.45, 2.75) is 12.5 Å². The summed E-state index contributed by atoms with van der Waals surface area (Å²) in [5.74, 6) is -1.12. The summed E-state index contributed by atoms with van der Waals surface area (Å²) in [5.41, 5.74) is 2.89. The Bertz CT molecular complexity index is 670. The largest absolute Gasteiger partial charge is 0.478 e. The van der Waals surface area contributed by atoms with E-state index in [4.69, 9.17) is 5.11 Å². The molecular formula is C16H14N2O3. The Kier molecular flexibility index (Phi) is 3.31. The van der Waals surface area contributed by atoms with Gasteiger partial charge in [-0.25, -0.2) is 4.79 Å². The monoisotopic (exact) mass is 282 g/mol. The molecule has 3 rings (SSSR count). The van der Waals surface area contributed by atoms with Crippen molar-refractivity contribution in [2.75, 3.05) is 10.6 Å². The summed E-state index contributed by atoms with van der Waals surface area (Å²) in [5, 5.41) is 14.8. The Morgan fingerprint density at radius 2 is 1.81 bits per heavy atom. The van der Waals surface area contributed by atoms with E-state index in [1.54, 1.807) is 12.1 Å². The number of rotatable bonds is 3. The predicted molar refractivity (Wildman–Crippen MR) is 79.6 cm³/mol. The number of carboxylic acid groups (broad SMARTS) is 1. The second-order valence-corrected chi connectivity index (χ2v) is 4.93. The van der Waals surface area contributed by atoms with Crippen molar-refractivity contribution in [1.29, 1.82) is 0 Å². The molecule has 0 fully saturated rings. The number of nitrogens with one attached hydrogen (secondary N) is 2. The highest BCUT2D eigenvalue weighted by atomic mass is 16.4. The van der Waals surface area contributed by atoms with Gasteiger partial charge in [0.2, 0.25) is 5.91 Å². The van der Waals surface area contributed by atoms with Crippen LogP contribution in [0.4, 0.5) is 11.4 Å². The summed E-state index contributed by atoms with van der Waals surface area (Å²) in [6.07, 6.45) is 0.648. The summed E-state index contributed by atoms with van der Waals surface area (Å²) in [6.45, 7) is 0. The molecule has 0 radical (unpaired) electrons. The van der Waals surface area contributed by atoms with E-state index >= 15 is 0 Å². The highest BCUT2D eigenvalue weighted by molar-refractivity contribution is 5.98. The molecule has 0 unspecified atom stereocenters. The molecule has 0 aromatic heterocycles. The third-order valence-corrected chi connectivity index (χ3v) is 3.49. The zero-order valence-electron chi connectivity index (χ0n) is 11.2. The second kappa shape index (κ2) is 5.28. The Morgan fingerprint density at radius 1 is 1.10 bits per heavy atom. The number of fused-ring (bicyclic) bond motifs is 1. The van der Waals surface area contributed by atoms with Gasteiger partial charge in [-0.15, -0.1) is 0 Å². The number of carbonyl (C=O) groups excluding carboxylic acids is 1. The molecule has 0 saturated heterocycles. The molecular weight excluding hydrogens is 268 g/mol. The molecule has 3 N–H and O–H groups in total. The minimum absolute atomic E-state index is 0.130. The van der Waals surface area contributed by atoms with E-state index in [0.29, 0.717) is 12.1 Å². The summed E-state index contributed by atoms with van der Waals surface area (Å²) >= 11 is 0. The second-order valence-electron chi connectivity index (χ2n) is 4.93. The average molecular weight is 282 g/mol. The topological polar surface area (TPSA) is 78.4 Å². The minimum atomic E-state index is -0.985. The van der Waals surface area contributed by atoms with Crippen molar-refractivity contribution in [2.24, 2.45) is 0 Å². The Morgan fingerprint density at radius 3 is 2.48 bits per heavy atom. The fourth-order valence-corrected chi connectivity index (χ4v) is 2.38. The third kappa shape index (κ3) is 2.72. The van der Waals surface area contributed by atoms with Crippen molar-refractivity contribution in [3.63, 3.8) is 0 Å². The number of carboxylic acids is 1. The molecule has 5 heteroatoms. The van der Waals surface area contributed by atoms with E-state index in [2.05, 4.69) is 10.6 Å². The first-order valence-electron chi connectivity index (χ1n) is 6.62. The first-order chi connectivity index (χ1) is 10.1. The van der Waals surface area contributed by atoms with Crippen molar-refractivity contribution in [3.05, 3.63) is 59.7 Å². The van der Waals surface area contributed by atoms with Gasteiger partial charge in [0.1, 0.15) is 6.04 Å². The molecule has 5 nitrogen and oxygen atoms in total. The van der Waals surface area contributed by atoms with Gasteiger partial charge in [0.05, 0.1) is 5.56 Å². The first kappa shape index (κ1) is 13.2. The zero-order chi connectivity index (χ0) is 14.8. The van der Waals surface area contributed by atoms with Crippen molar-refractivity contribution in [3.8, 4) is 0 Å². The van der Waals surface area contributed by atoms with Crippen LogP contribution < -0.4 is 10.6 Å². The molecule has 21 heavy (non-hydrogen) atoms. The van der Waals surface area contributed by atoms with Crippen molar-refractivity contribution < 1.29 is 14.7 Å². The molecule has 1 aliphatic heterocycles. The van der Waals surface area contributed by atoms with E-state index in [-0.39, 0.29) is 17.5 Å². The number of hydrogen-bond acceptors (Lipinski definition) is 3. The summed E-state index contributed by atoms with van der Waals surface area (Å²) in [6, 6.07) is 13.6. The van der Waals surface area contributed by atoms with Crippen LogP contribution in [0, 0.1) is 0 Å². The van der Waals surface area contributed by atoms with Crippen LogP contribution in [-0.4, -0.2) is 23.0 Å². The number of carbonyl (C=O) groups is 2. The number of anilines is 2. The number of amides is 1. The fraction of sp³-hybridized carbons (Fsp3) is 0.125. The number of para-hydroxylation sites is 1. The van der Waals surface area contributed by atoms with Gasteiger partial charge in [0.25, 0.3) is 0 Å². The maximum absolute atomic E-state index is 12.2. The molecule has 0 spiro atoms. The van der Waals surface area contributed by atoms with Crippen LogP contribution in [0.2, 0.25) is 0 Å². The lowest BCUT2D eigenvalue weighted by atomic mass is 10.1. The van der Waals surface area contributed by atoms with Crippen LogP contribution in [-0.2, 0) is 11.2 Å². The van der Waals surface area contributed by atoms with Gasteiger partial charge in [-0.2, -0.15) is 0 Å². The van der Waals surface area contributed by atoms with Gasteiger partial charge in [0.15, 0.2) is 0 Å². The highest BCUT2D eigenvalue weighted by Crippen LogP contribution is 2.25. The average Bonchev–Trinajstić information content (AvgIpc) is 2.92. The van der Waals surface area contributed by atoms with E-state index in [0.717, 1.165) is 11.3 Å². The normalized spacial score (nSPS) is 15.9. The van der Waals surface area contributed by atoms with Crippen LogP contribution >= 0.6 is 0 Å². The zero-order valence-corrected chi connectivity index (χ0v) is 11.2. The molecule has 0 saturated carbocycles. The molecule has 1 heterocycles. The lowest BCUT2D eigenvalue weighted by molar-refractivity contribution is -0.116. The van der Waals surface area contributed by atoms with Gasteiger partial charge in [0, 0.05) is 17.8 Å². The number of aromatic carboxylic acids is 1. The Labute approximate surface area is 121 Å². The lowest BCUT2D eigenvalue weighted by Crippen LogP contribution is -2.32. The standard InChI is InChI=1S/C16H14N2O3/c19-15(14-9-11-3-1-2-4-13(11)18-14)17-12-7-5-10(6-8-12)16(20)21/h1-8,14,18H,9H2,(H,17,19)(H,20,21)/t14-/m0/s1. The third-order valence-electron chi connectivity index (χ3n) is 3.49. The summed E-state index contributed by atoms with van der Waals surface area (Å²) in [7, 11) is 0. The van der Waals surface area contributed by atoms with Crippen LogP contribution in [0.3, 0.4) is 0 Å². The highest BCUT2D eigenvalue weighted by Gasteiger charge is 2.26. The van der Waals surface area contributed by atoms with E-state index in [9.17, 15) is 9.59 Å². The van der Waals surface area contributed by atoms with Gasteiger partial charge in [-0.1, -0.05) is 18.2 Å². The molecule has 2 aromatic rings. The molecule has 1 aliphatic rings. The number of benzene rings is 2. The Hall–Kier alpha value is -2.82. The van der Waals surface area contributed by atoms with Gasteiger partial charge >= 0.3 is 5.97 Å². The van der Waals surface area contributed by atoms with Gasteiger partial charge in [-0.05, 0) is 35.9 Å². The first-order valence-corrected chi connectivity index (χ1v) is 6.62. The number of hydrogen-bond donors (Lipinski definition) is 3. The van der Waals surface area contributed by atoms with Gasteiger partial charge in [-0.3, -0.25) is 4.79 Å². The summed E-state index contributed by atoms with van der Waals surface area (Å²) < 4.78 is 0. The molecule has 106 valence electrons. The molecule has 0 bridgehead atoms. The SMILES string of the molecule is O=C(O)c1ccc(NC(=O)[C@@H]2Cc3ccccc3N2)cc1. The van der Waals surface area contributed by atoms with Crippen LogP contribution in [0.25, 0.3) is 0 Å². The van der Waals surface area contributed by atoms with Crippen LogP contribution in [0.1, 0.15) is 15.9 Å². The minimum Gasteiger partial charge on any atom is -0.478 e. The van der Waals surface area contributed by atoms with Gasteiger partial charge < -0.3 is 15.7 Å². The van der Waals surface area contributed by atoms with E-state index in [1.165, 1.54) is 12.1 Å². The quantitative estimate of drug-likeness (QED) is 0.807. The molecule has 2 aromatic carbocycles. The van der Waals surface area contributed by atoms with Crippen molar-refractivity contribution >= 4 is 23.3 Å². The summed E-state index contributed by atoms with van der Waals surface area (Å²) in [4.78, 5) is 23.0. The molecule has 0 aliphatic carbocycles. The van der Waals surface area contributed by atoms with E-state index < -0.39 is 5.97 Å². The Balaban J connectivity index is 1.66. The van der Waals surface area contributed by atoms with E-state index in [1.807, 2.05) is 24.3 Å². The lowest BCUT2D eigenvalue weighted by Gasteiger charge is -2.12. The smallest absolute Gasteiger partial charge is 0.335 e. The maximum atomic E-state index is 12.2. The van der Waals surface area contributed by atoms with Crippen molar-refractivity contribution in [1.82, 2.24) is 0 Å². The van der Waals surface area contributed by atoms with Crippen LogP contribution in [0.5, 0.6) is 0 Å².